The Kier molecular flexibility index (Phi) is 2.65. The minimum atomic E-state index is 0.0763. The van der Waals surface area contributed by atoms with Crippen LogP contribution in [0.5, 0.6) is 0 Å². The van der Waals surface area contributed by atoms with Gasteiger partial charge in [0.05, 0.1) is 0 Å². The van der Waals surface area contributed by atoms with Crippen molar-refractivity contribution in [3.05, 3.63) is 28.6 Å². The molecule has 1 unspecified atom stereocenters. The van der Waals surface area contributed by atoms with Crippen LogP contribution in [0.3, 0.4) is 0 Å². The number of rotatable bonds is 1. The molecule has 1 fully saturated rings. The van der Waals surface area contributed by atoms with Crippen LogP contribution in [0.15, 0.2) is 22.8 Å². The summed E-state index contributed by atoms with van der Waals surface area (Å²) >= 11 is 3.42. The van der Waals surface area contributed by atoms with E-state index in [0.717, 1.165) is 35.4 Å². The van der Waals surface area contributed by atoms with Crippen LogP contribution >= 0.6 is 15.9 Å². The molecule has 1 aliphatic rings. The number of nitrogens with zero attached hydrogens (tertiary/aromatic N) is 3. The summed E-state index contributed by atoms with van der Waals surface area (Å²) in [6.07, 6.45) is 5.36. The molecule has 3 heterocycles. The molecular formula is C11H12BrN3O. The fraction of sp³-hybridized carbons (Fsp3) is 0.455. The maximum Gasteiger partial charge on any atom is 0.180 e. The van der Waals surface area contributed by atoms with Crippen molar-refractivity contribution in [3.8, 4) is 0 Å². The standard InChI is InChI=1S/C11H12BrN3O/c12-8-4-5-10-13-11(14-15(10)7-8)9-3-1-2-6-16-9/h4-5,7,9H,1-3,6H2. The van der Waals surface area contributed by atoms with Crippen LogP contribution in [0.4, 0.5) is 0 Å². The molecule has 0 bridgehead atoms. The van der Waals surface area contributed by atoms with Gasteiger partial charge in [0.2, 0.25) is 0 Å². The highest BCUT2D eigenvalue weighted by Crippen LogP contribution is 2.25. The molecule has 4 nitrogen and oxygen atoms in total. The first-order valence-electron chi connectivity index (χ1n) is 5.46. The summed E-state index contributed by atoms with van der Waals surface area (Å²) in [6.45, 7) is 0.823. The zero-order chi connectivity index (χ0) is 11.0. The van der Waals surface area contributed by atoms with E-state index in [2.05, 4.69) is 26.0 Å². The molecule has 2 aromatic rings. The third-order valence-electron chi connectivity index (χ3n) is 2.78. The van der Waals surface area contributed by atoms with Gasteiger partial charge in [-0.2, -0.15) is 0 Å². The van der Waals surface area contributed by atoms with Crippen molar-refractivity contribution in [2.75, 3.05) is 6.61 Å². The second kappa shape index (κ2) is 4.14. The van der Waals surface area contributed by atoms with Gasteiger partial charge in [-0.05, 0) is 47.3 Å². The minimum Gasteiger partial charge on any atom is -0.370 e. The number of ether oxygens (including phenoxy) is 1. The molecule has 3 rings (SSSR count). The number of hydrogen-bond donors (Lipinski definition) is 0. The number of halogens is 1. The van der Waals surface area contributed by atoms with Crippen LogP contribution in [-0.4, -0.2) is 21.2 Å². The molecule has 0 radical (unpaired) electrons. The zero-order valence-corrected chi connectivity index (χ0v) is 10.4. The van der Waals surface area contributed by atoms with Crippen molar-refractivity contribution in [1.82, 2.24) is 14.6 Å². The first-order chi connectivity index (χ1) is 7.83. The molecule has 0 spiro atoms. The molecule has 1 atom stereocenters. The summed E-state index contributed by atoms with van der Waals surface area (Å²) in [5.74, 6) is 0.804. The Morgan fingerprint density at radius 1 is 1.38 bits per heavy atom. The van der Waals surface area contributed by atoms with Crippen LogP contribution in [0, 0.1) is 0 Å². The highest BCUT2D eigenvalue weighted by Gasteiger charge is 2.20. The van der Waals surface area contributed by atoms with Gasteiger partial charge < -0.3 is 4.74 Å². The second-order valence-electron chi connectivity index (χ2n) is 3.98. The first kappa shape index (κ1) is 10.2. The lowest BCUT2D eigenvalue weighted by atomic mass is 10.1. The fourth-order valence-electron chi connectivity index (χ4n) is 1.96. The normalized spacial score (nSPS) is 21.4. The van der Waals surface area contributed by atoms with Crippen LogP contribution in [-0.2, 0) is 4.74 Å². The summed E-state index contributed by atoms with van der Waals surface area (Å²) in [5, 5.41) is 4.45. The van der Waals surface area contributed by atoms with E-state index in [4.69, 9.17) is 4.74 Å². The fourth-order valence-corrected chi connectivity index (χ4v) is 2.28. The third-order valence-corrected chi connectivity index (χ3v) is 3.25. The quantitative estimate of drug-likeness (QED) is 0.807. The summed E-state index contributed by atoms with van der Waals surface area (Å²) < 4.78 is 8.46. The Hall–Kier alpha value is -0.940. The smallest absolute Gasteiger partial charge is 0.180 e. The molecule has 84 valence electrons. The summed E-state index contributed by atoms with van der Waals surface area (Å²) in [6, 6.07) is 3.92. The van der Waals surface area contributed by atoms with Crippen molar-refractivity contribution in [3.63, 3.8) is 0 Å². The van der Waals surface area contributed by atoms with Gasteiger partial charge in [-0.3, -0.25) is 0 Å². The predicted octanol–water partition coefficient (Wildman–Crippen LogP) is 2.73. The summed E-state index contributed by atoms with van der Waals surface area (Å²) in [7, 11) is 0. The molecular weight excluding hydrogens is 270 g/mol. The van der Waals surface area contributed by atoms with Crippen molar-refractivity contribution in [2.24, 2.45) is 0 Å². The van der Waals surface area contributed by atoms with Crippen LogP contribution in [0.2, 0.25) is 0 Å². The maximum atomic E-state index is 5.67. The number of fused-ring (bicyclic) bond motifs is 1. The molecule has 0 saturated carbocycles. The molecule has 1 aliphatic heterocycles. The lowest BCUT2D eigenvalue weighted by Crippen LogP contribution is -2.12. The van der Waals surface area contributed by atoms with E-state index in [1.54, 1.807) is 4.52 Å². The van der Waals surface area contributed by atoms with Crippen molar-refractivity contribution in [1.29, 1.82) is 0 Å². The van der Waals surface area contributed by atoms with Gasteiger partial charge in [0.1, 0.15) is 6.10 Å². The van der Waals surface area contributed by atoms with Gasteiger partial charge >= 0.3 is 0 Å². The molecule has 5 heteroatoms. The van der Waals surface area contributed by atoms with Gasteiger partial charge in [-0.15, -0.1) is 5.10 Å². The zero-order valence-electron chi connectivity index (χ0n) is 8.77. The first-order valence-corrected chi connectivity index (χ1v) is 6.26. The Morgan fingerprint density at radius 3 is 3.12 bits per heavy atom. The van der Waals surface area contributed by atoms with Crippen molar-refractivity contribution >= 4 is 21.6 Å². The molecule has 2 aromatic heterocycles. The highest BCUT2D eigenvalue weighted by atomic mass is 79.9. The summed E-state index contributed by atoms with van der Waals surface area (Å²) in [5.41, 5.74) is 0.868. The predicted molar refractivity (Wildman–Crippen MR) is 63.2 cm³/mol. The van der Waals surface area contributed by atoms with E-state index in [0.29, 0.717) is 0 Å². The van der Waals surface area contributed by atoms with Gasteiger partial charge in [-0.1, -0.05) is 0 Å². The minimum absolute atomic E-state index is 0.0763. The number of pyridine rings is 1. The van der Waals surface area contributed by atoms with Crippen LogP contribution in [0.25, 0.3) is 5.65 Å². The summed E-state index contributed by atoms with van der Waals surface area (Å²) in [4.78, 5) is 4.48. The Morgan fingerprint density at radius 2 is 2.31 bits per heavy atom. The molecule has 0 N–H and O–H groups in total. The van der Waals surface area contributed by atoms with Crippen LogP contribution in [0.1, 0.15) is 31.2 Å². The molecule has 0 amide bonds. The molecule has 0 aliphatic carbocycles. The third kappa shape index (κ3) is 1.85. The molecule has 1 saturated heterocycles. The topological polar surface area (TPSA) is 39.4 Å². The highest BCUT2D eigenvalue weighted by molar-refractivity contribution is 9.10. The van der Waals surface area contributed by atoms with E-state index in [1.807, 2.05) is 18.3 Å². The van der Waals surface area contributed by atoms with E-state index in [-0.39, 0.29) is 6.10 Å². The van der Waals surface area contributed by atoms with Gasteiger partial charge in [0.25, 0.3) is 0 Å². The molecule has 0 aromatic carbocycles. The Bertz CT molecular complexity index is 505. The van der Waals surface area contributed by atoms with Gasteiger partial charge in [0, 0.05) is 17.3 Å². The van der Waals surface area contributed by atoms with Crippen molar-refractivity contribution in [2.45, 2.75) is 25.4 Å². The van der Waals surface area contributed by atoms with E-state index in [1.165, 1.54) is 6.42 Å². The SMILES string of the molecule is Brc1ccc2nc(C3CCCCO3)nn2c1. The number of aromatic nitrogens is 3. The maximum absolute atomic E-state index is 5.67. The van der Waals surface area contributed by atoms with E-state index < -0.39 is 0 Å². The number of hydrogen-bond acceptors (Lipinski definition) is 3. The van der Waals surface area contributed by atoms with E-state index >= 15 is 0 Å². The lowest BCUT2D eigenvalue weighted by Gasteiger charge is -2.19. The van der Waals surface area contributed by atoms with Crippen LogP contribution < -0.4 is 0 Å². The average Bonchev–Trinajstić information content (AvgIpc) is 2.73. The Labute approximate surface area is 102 Å². The second-order valence-corrected chi connectivity index (χ2v) is 4.89. The van der Waals surface area contributed by atoms with Gasteiger partial charge in [-0.25, -0.2) is 9.50 Å². The largest absolute Gasteiger partial charge is 0.370 e. The molecule has 16 heavy (non-hydrogen) atoms. The Balaban J connectivity index is 1.97. The lowest BCUT2D eigenvalue weighted by molar-refractivity contribution is 0.00961. The van der Waals surface area contributed by atoms with Gasteiger partial charge in [0.15, 0.2) is 11.5 Å². The van der Waals surface area contributed by atoms with E-state index in [9.17, 15) is 0 Å². The van der Waals surface area contributed by atoms with Crippen molar-refractivity contribution < 1.29 is 4.74 Å². The average molecular weight is 282 g/mol. The monoisotopic (exact) mass is 281 g/mol.